The summed E-state index contributed by atoms with van der Waals surface area (Å²) in [4.78, 5) is 10.6. The second-order valence-electron chi connectivity index (χ2n) is 2.68. The summed E-state index contributed by atoms with van der Waals surface area (Å²) < 4.78 is 0. The number of hydrogen-bond donors (Lipinski definition) is 0. The minimum absolute atomic E-state index is 0.696. The predicted octanol–water partition coefficient (Wildman–Crippen LogP) is 3.11. The molecule has 0 N–H and O–H groups in total. The number of hydrogen-bond acceptors (Lipinski definition) is 1. The van der Waals surface area contributed by atoms with Gasteiger partial charge in [-0.3, -0.25) is 4.79 Å². The first kappa shape index (κ1) is 9.27. The van der Waals surface area contributed by atoms with Crippen molar-refractivity contribution in [3.63, 3.8) is 0 Å². The van der Waals surface area contributed by atoms with Gasteiger partial charge < -0.3 is 0 Å². The van der Waals surface area contributed by atoms with Crippen molar-refractivity contribution >= 4 is 17.9 Å². The summed E-state index contributed by atoms with van der Waals surface area (Å²) in [6.45, 7) is 2.07. The summed E-state index contributed by atoms with van der Waals surface area (Å²) in [5, 5.41) is 0.696. The molecule has 1 aromatic carbocycles. The Labute approximate surface area is 77.4 Å². The Kier molecular flexibility index (Phi) is 3.30. The molecule has 0 aromatic heterocycles. The summed E-state index contributed by atoms with van der Waals surface area (Å²) in [5.74, 6) is 0. The summed E-state index contributed by atoms with van der Waals surface area (Å²) >= 11 is 5.93. The molecule has 1 aromatic rings. The van der Waals surface area contributed by atoms with Gasteiger partial charge in [0.15, 0.2) is 0 Å². The van der Waals surface area contributed by atoms with Gasteiger partial charge in [0.25, 0.3) is 0 Å². The summed E-state index contributed by atoms with van der Waals surface area (Å²) in [6, 6.07) is 5.41. The minimum Gasteiger partial charge on any atom is -0.298 e. The van der Waals surface area contributed by atoms with Crippen LogP contribution in [0.5, 0.6) is 0 Å². The average molecular weight is 183 g/mol. The topological polar surface area (TPSA) is 17.1 Å². The molecule has 64 valence electrons. The molecular formula is C10H11ClO. The van der Waals surface area contributed by atoms with Crippen molar-refractivity contribution in [2.45, 2.75) is 19.8 Å². The van der Waals surface area contributed by atoms with Crippen LogP contribution in [0.25, 0.3) is 0 Å². The van der Waals surface area contributed by atoms with E-state index in [0.29, 0.717) is 10.6 Å². The molecule has 0 atom stereocenters. The molecule has 0 aliphatic carbocycles. The van der Waals surface area contributed by atoms with Crippen LogP contribution < -0.4 is 0 Å². The van der Waals surface area contributed by atoms with Crippen LogP contribution in [0, 0.1) is 0 Å². The smallest absolute Gasteiger partial charge is 0.150 e. The Morgan fingerprint density at radius 2 is 2.25 bits per heavy atom. The molecule has 0 bridgehead atoms. The lowest BCUT2D eigenvalue weighted by atomic mass is 10.0. The Morgan fingerprint density at radius 3 is 2.83 bits per heavy atom. The molecule has 0 fully saturated rings. The van der Waals surface area contributed by atoms with Gasteiger partial charge in [-0.2, -0.15) is 0 Å². The molecule has 0 heterocycles. The Balaban J connectivity index is 3.10. The third kappa shape index (κ3) is 1.86. The zero-order valence-corrected chi connectivity index (χ0v) is 7.77. The number of rotatable bonds is 3. The molecule has 12 heavy (non-hydrogen) atoms. The SMILES string of the molecule is CCCc1c(Cl)cccc1C=O. The van der Waals surface area contributed by atoms with Crippen LogP contribution in [0.4, 0.5) is 0 Å². The highest BCUT2D eigenvalue weighted by molar-refractivity contribution is 6.31. The summed E-state index contributed by atoms with van der Waals surface area (Å²) in [5.41, 5.74) is 1.68. The van der Waals surface area contributed by atoms with Crippen LogP contribution in [0.15, 0.2) is 18.2 Å². The van der Waals surface area contributed by atoms with Gasteiger partial charge >= 0.3 is 0 Å². The summed E-state index contributed by atoms with van der Waals surface area (Å²) in [7, 11) is 0. The van der Waals surface area contributed by atoms with Crippen molar-refractivity contribution in [3.8, 4) is 0 Å². The third-order valence-corrected chi connectivity index (χ3v) is 2.14. The van der Waals surface area contributed by atoms with Gasteiger partial charge in [-0.25, -0.2) is 0 Å². The Morgan fingerprint density at radius 1 is 1.50 bits per heavy atom. The molecule has 0 saturated heterocycles. The average Bonchev–Trinajstić information content (AvgIpc) is 2.09. The van der Waals surface area contributed by atoms with Gasteiger partial charge in [-0.05, 0) is 18.1 Å². The van der Waals surface area contributed by atoms with Crippen molar-refractivity contribution in [2.24, 2.45) is 0 Å². The fourth-order valence-electron chi connectivity index (χ4n) is 1.20. The maximum absolute atomic E-state index is 10.6. The quantitative estimate of drug-likeness (QED) is 0.657. The second kappa shape index (κ2) is 4.27. The van der Waals surface area contributed by atoms with Gasteiger partial charge in [-0.1, -0.05) is 37.1 Å². The molecule has 2 heteroatoms. The van der Waals surface area contributed by atoms with Crippen LogP contribution in [-0.4, -0.2) is 6.29 Å². The molecule has 1 nitrogen and oxygen atoms in total. The molecular weight excluding hydrogens is 172 g/mol. The Bertz CT molecular complexity index is 281. The Hall–Kier alpha value is -0.820. The van der Waals surface area contributed by atoms with Crippen LogP contribution in [0.1, 0.15) is 29.3 Å². The van der Waals surface area contributed by atoms with E-state index in [-0.39, 0.29) is 0 Å². The highest BCUT2D eigenvalue weighted by atomic mass is 35.5. The third-order valence-electron chi connectivity index (χ3n) is 1.78. The highest BCUT2D eigenvalue weighted by Gasteiger charge is 2.03. The number of halogens is 1. The zero-order chi connectivity index (χ0) is 8.97. The summed E-state index contributed by atoms with van der Waals surface area (Å²) in [6.07, 6.45) is 2.73. The first-order valence-electron chi connectivity index (χ1n) is 4.02. The van der Waals surface area contributed by atoms with Gasteiger partial charge in [-0.15, -0.1) is 0 Å². The van der Waals surface area contributed by atoms with Crippen molar-refractivity contribution in [1.82, 2.24) is 0 Å². The van der Waals surface area contributed by atoms with Gasteiger partial charge in [0.2, 0.25) is 0 Å². The van der Waals surface area contributed by atoms with Crippen molar-refractivity contribution in [1.29, 1.82) is 0 Å². The standard InChI is InChI=1S/C10H11ClO/c1-2-4-9-8(7-12)5-3-6-10(9)11/h3,5-7H,2,4H2,1H3. The van der Waals surface area contributed by atoms with E-state index in [2.05, 4.69) is 6.92 Å². The maximum atomic E-state index is 10.6. The maximum Gasteiger partial charge on any atom is 0.150 e. The lowest BCUT2D eigenvalue weighted by molar-refractivity contribution is 0.112. The van der Waals surface area contributed by atoms with Crippen LogP contribution in [0.3, 0.4) is 0 Å². The minimum atomic E-state index is 0.696. The van der Waals surface area contributed by atoms with E-state index < -0.39 is 0 Å². The first-order valence-corrected chi connectivity index (χ1v) is 4.40. The fourth-order valence-corrected chi connectivity index (χ4v) is 1.48. The van der Waals surface area contributed by atoms with Crippen LogP contribution >= 0.6 is 11.6 Å². The van der Waals surface area contributed by atoms with Crippen LogP contribution in [-0.2, 0) is 6.42 Å². The van der Waals surface area contributed by atoms with E-state index in [4.69, 9.17) is 11.6 Å². The van der Waals surface area contributed by atoms with E-state index in [9.17, 15) is 4.79 Å². The molecule has 0 saturated carbocycles. The largest absolute Gasteiger partial charge is 0.298 e. The van der Waals surface area contributed by atoms with Crippen LogP contribution in [0.2, 0.25) is 5.02 Å². The molecule has 1 rings (SSSR count). The van der Waals surface area contributed by atoms with Crippen molar-refractivity contribution in [2.75, 3.05) is 0 Å². The predicted molar refractivity (Wildman–Crippen MR) is 50.8 cm³/mol. The molecule has 0 amide bonds. The van der Waals surface area contributed by atoms with E-state index in [1.807, 2.05) is 6.07 Å². The number of carbonyl (C=O) groups excluding carboxylic acids is 1. The molecule has 0 aliphatic heterocycles. The molecule has 0 aliphatic rings. The highest BCUT2D eigenvalue weighted by Crippen LogP contribution is 2.20. The number of aldehydes is 1. The number of benzene rings is 1. The monoisotopic (exact) mass is 182 g/mol. The molecule has 0 spiro atoms. The molecule has 0 unspecified atom stereocenters. The molecule has 0 radical (unpaired) electrons. The van der Waals surface area contributed by atoms with Gasteiger partial charge in [0, 0.05) is 10.6 Å². The van der Waals surface area contributed by atoms with E-state index in [1.165, 1.54) is 0 Å². The zero-order valence-electron chi connectivity index (χ0n) is 7.01. The van der Waals surface area contributed by atoms with Gasteiger partial charge in [0.1, 0.15) is 6.29 Å². The number of carbonyl (C=O) groups is 1. The van der Waals surface area contributed by atoms with E-state index >= 15 is 0 Å². The van der Waals surface area contributed by atoms with Gasteiger partial charge in [0.05, 0.1) is 0 Å². The van der Waals surface area contributed by atoms with E-state index in [1.54, 1.807) is 12.1 Å². The van der Waals surface area contributed by atoms with E-state index in [0.717, 1.165) is 24.7 Å². The normalized spacial score (nSPS) is 9.83. The lowest BCUT2D eigenvalue weighted by Crippen LogP contribution is -1.92. The van der Waals surface area contributed by atoms with Crippen molar-refractivity contribution < 1.29 is 4.79 Å². The lowest BCUT2D eigenvalue weighted by Gasteiger charge is -2.04. The second-order valence-corrected chi connectivity index (χ2v) is 3.08. The van der Waals surface area contributed by atoms with Crippen molar-refractivity contribution in [3.05, 3.63) is 34.3 Å². The fraction of sp³-hybridized carbons (Fsp3) is 0.300. The first-order chi connectivity index (χ1) is 5.79.